The zero-order valence-corrected chi connectivity index (χ0v) is 19.5. The molecule has 31 heavy (non-hydrogen) atoms. The second-order valence-electron chi connectivity index (χ2n) is 10.5. The van der Waals surface area contributed by atoms with Crippen LogP contribution in [0.5, 0.6) is 0 Å². The van der Waals surface area contributed by atoms with Crippen molar-refractivity contribution in [2.75, 3.05) is 0 Å². The molecule has 4 aliphatic rings. The Morgan fingerprint density at radius 2 is 1.68 bits per heavy atom. The Morgan fingerprint density at radius 3 is 2.42 bits per heavy atom. The van der Waals surface area contributed by atoms with Gasteiger partial charge in [0, 0.05) is 11.8 Å². The molecule has 0 bridgehead atoms. The molecule has 4 unspecified atom stereocenters. The summed E-state index contributed by atoms with van der Waals surface area (Å²) in [6, 6.07) is 0. The summed E-state index contributed by atoms with van der Waals surface area (Å²) >= 11 is 0. The van der Waals surface area contributed by atoms with Gasteiger partial charge in [-0.25, -0.2) is 0 Å². The number of carbonyl (C=O) groups is 2. The van der Waals surface area contributed by atoms with Gasteiger partial charge in [-0.1, -0.05) is 37.3 Å². The fourth-order valence-electron chi connectivity index (χ4n) is 5.94. The molecule has 0 N–H and O–H groups in total. The molecule has 5 nitrogen and oxygen atoms in total. The highest BCUT2D eigenvalue weighted by Crippen LogP contribution is 2.50. The van der Waals surface area contributed by atoms with Crippen LogP contribution in [0, 0.1) is 35.5 Å². The van der Waals surface area contributed by atoms with E-state index in [1.54, 1.807) is 6.92 Å². The summed E-state index contributed by atoms with van der Waals surface area (Å²) in [7, 11) is 0. The van der Waals surface area contributed by atoms with Gasteiger partial charge in [-0.15, -0.1) is 0 Å². The molecule has 0 aromatic rings. The molecule has 2 saturated heterocycles. The average Bonchev–Trinajstić information content (AvgIpc) is 3.48. The van der Waals surface area contributed by atoms with E-state index in [0.717, 1.165) is 6.42 Å². The summed E-state index contributed by atoms with van der Waals surface area (Å²) in [5.41, 5.74) is -0.202. The lowest BCUT2D eigenvalue weighted by molar-refractivity contribution is -0.168. The van der Waals surface area contributed by atoms with Crippen molar-refractivity contribution in [2.24, 2.45) is 35.5 Å². The molecule has 3 heterocycles. The predicted molar refractivity (Wildman–Crippen MR) is 118 cm³/mol. The first-order valence-electron chi connectivity index (χ1n) is 11.7. The molecule has 0 saturated carbocycles. The Bertz CT molecular complexity index is 809. The molecule has 170 valence electrons. The molecule has 0 radical (unpaired) electrons. The Labute approximate surface area is 185 Å². The number of ether oxygens (including phenoxy) is 3. The van der Waals surface area contributed by atoms with Gasteiger partial charge in [-0.05, 0) is 64.9 Å². The molecular weight excluding hydrogens is 392 g/mol. The minimum absolute atomic E-state index is 0.0226. The molecule has 2 fully saturated rings. The molecule has 4 rings (SSSR count). The fraction of sp³-hybridized carbons (Fsp3) is 0.692. The van der Waals surface area contributed by atoms with E-state index >= 15 is 0 Å². The molecule has 1 aliphatic carbocycles. The predicted octanol–water partition coefficient (Wildman–Crippen LogP) is 4.27. The number of cyclic esters (lactones) is 1. The highest BCUT2D eigenvalue weighted by molar-refractivity contribution is 5.90. The third-order valence-corrected chi connectivity index (χ3v) is 7.49. The Balaban J connectivity index is 1.70. The summed E-state index contributed by atoms with van der Waals surface area (Å²) in [5, 5.41) is 0. The first-order chi connectivity index (χ1) is 14.6. The first kappa shape index (κ1) is 22.5. The zero-order chi connectivity index (χ0) is 22.5. The van der Waals surface area contributed by atoms with Gasteiger partial charge < -0.3 is 14.2 Å². The maximum absolute atomic E-state index is 13.8. The Hall–Kier alpha value is -1.72. The average molecular weight is 429 g/mol. The lowest BCUT2D eigenvalue weighted by atomic mass is 9.60. The van der Waals surface area contributed by atoms with Gasteiger partial charge in [0.05, 0.1) is 17.6 Å². The van der Waals surface area contributed by atoms with E-state index in [4.69, 9.17) is 14.2 Å². The second-order valence-corrected chi connectivity index (χ2v) is 10.5. The van der Waals surface area contributed by atoms with E-state index in [0.29, 0.717) is 5.92 Å². The van der Waals surface area contributed by atoms with Crippen LogP contribution in [-0.4, -0.2) is 41.8 Å². The quantitative estimate of drug-likeness (QED) is 0.327. The topological polar surface area (TPSA) is 65.1 Å². The highest BCUT2D eigenvalue weighted by atomic mass is 16.6. The van der Waals surface area contributed by atoms with Crippen molar-refractivity contribution in [2.45, 2.75) is 78.0 Å². The SMILES string of the molecule is C[C@@H]1OC(C)(C)C[C@H]2C=C[C@@H]3C(C(=O)C4OC4[C@H](C)C(=O)O[C@@H](C)/C=C/C=C\[C@H]3C)C21. The summed E-state index contributed by atoms with van der Waals surface area (Å²) < 4.78 is 17.7. The molecule has 5 heteroatoms. The molecule has 0 spiro atoms. The minimum atomic E-state index is -0.533. The van der Waals surface area contributed by atoms with Crippen molar-refractivity contribution >= 4 is 11.8 Å². The third kappa shape index (κ3) is 4.45. The van der Waals surface area contributed by atoms with E-state index in [9.17, 15) is 9.59 Å². The van der Waals surface area contributed by atoms with Gasteiger partial charge in [0.2, 0.25) is 0 Å². The maximum Gasteiger partial charge on any atom is 0.311 e. The zero-order valence-electron chi connectivity index (χ0n) is 19.5. The third-order valence-electron chi connectivity index (χ3n) is 7.49. The lowest BCUT2D eigenvalue weighted by Gasteiger charge is -2.50. The summed E-state index contributed by atoms with van der Waals surface area (Å²) in [6.07, 6.45) is 12.1. The van der Waals surface area contributed by atoms with Crippen LogP contribution in [0.3, 0.4) is 0 Å². The number of carbonyl (C=O) groups excluding carboxylic acids is 2. The summed E-state index contributed by atoms with van der Waals surface area (Å²) in [6.45, 7) is 12.2. The van der Waals surface area contributed by atoms with Crippen LogP contribution in [-0.2, 0) is 23.8 Å². The largest absolute Gasteiger partial charge is 0.458 e. The molecule has 0 amide bonds. The number of hydrogen-bond acceptors (Lipinski definition) is 5. The Kier molecular flexibility index (Phi) is 6.04. The number of fused-ring (bicyclic) bond motifs is 4. The molecular formula is C26H36O5. The Morgan fingerprint density at radius 1 is 0.968 bits per heavy atom. The van der Waals surface area contributed by atoms with Crippen molar-refractivity contribution in [3.05, 3.63) is 36.5 Å². The smallest absolute Gasteiger partial charge is 0.311 e. The van der Waals surface area contributed by atoms with Crippen LogP contribution in [0.15, 0.2) is 36.5 Å². The van der Waals surface area contributed by atoms with E-state index in [1.807, 2.05) is 25.2 Å². The summed E-state index contributed by atoms with van der Waals surface area (Å²) in [4.78, 5) is 26.3. The number of esters is 1. The number of ketones is 1. The van der Waals surface area contributed by atoms with Gasteiger partial charge in [0.15, 0.2) is 5.78 Å². The van der Waals surface area contributed by atoms with Crippen molar-refractivity contribution < 1.29 is 23.8 Å². The molecule has 0 aromatic carbocycles. The van der Waals surface area contributed by atoms with E-state index in [1.165, 1.54) is 0 Å². The van der Waals surface area contributed by atoms with E-state index < -0.39 is 18.1 Å². The van der Waals surface area contributed by atoms with Crippen molar-refractivity contribution in [1.82, 2.24) is 0 Å². The standard InChI is InChI=1S/C26H36O5/c1-14-9-7-8-10-15(2)29-25(28)16(3)23-24(30-23)22(27)21-19(14)12-11-18-13-26(5,6)31-17(4)20(18)21/h7-12,14-21,23-24H,13H2,1-6H3/b9-7-,10-8+/t14-,15+,16+,17+,18-,19+,20?,21?,23?,24?/m1/s1. The van der Waals surface area contributed by atoms with Gasteiger partial charge in [0.25, 0.3) is 0 Å². The van der Waals surface area contributed by atoms with Gasteiger partial charge in [0.1, 0.15) is 18.3 Å². The van der Waals surface area contributed by atoms with Crippen LogP contribution in [0.25, 0.3) is 0 Å². The highest BCUT2D eigenvalue weighted by Gasteiger charge is 2.57. The van der Waals surface area contributed by atoms with Crippen molar-refractivity contribution in [3.63, 3.8) is 0 Å². The molecule has 0 aromatic heterocycles. The van der Waals surface area contributed by atoms with Crippen LogP contribution in [0.1, 0.15) is 48.0 Å². The number of Topliss-reactive ketones (excluding diaryl/α,β-unsaturated/α-hetero) is 1. The van der Waals surface area contributed by atoms with Crippen LogP contribution in [0.4, 0.5) is 0 Å². The fourth-order valence-corrected chi connectivity index (χ4v) is 5.94. The van der Waals surface area contributed by atoms with E-state index in [2.05, 4.69) is 45.9 Å². The molecule has 10 atom stereocenters. The van der Waals surface area contributed by atoms with Crippen molar-refractivity contribution in [3.8, 4) is 0 Å². The normalized spacial score (nSPS) is 49.0. The van der Waals surface area contributed by atoms with Crippen LogP contribution in [0.2, 0.25) is 0 Å². The van der Waals surface area contributed by atoms with Crippen molar-refractivity contribution in [1.29, 1.82) is 0 Å². The summed E-state index contributed by atoms with van der Waals surface area (Å²) in [5.74, 6) is -0.170. The minimum Gasteiger partial charge on any atom is -0.458 e. The van der Waals surface area contributed by atoms with Gasteiger partial charge >= 0.3 is 5.97 Å². The van der Waals surface area contributed by atoms with Crippen LogP contribution >= 0.6 is 0 Å². The number of epoxide rings is 1. The van der Waals surface area contributed by atoms with Gasteiger partial charge in [-0.3, -0.25) is 9.59 Å². The van der Waals surface area contributed by atoms with E-state index in [-0.39, 0.29) is 53.2 Å². The number of hydrogen-bond donors (Lipinski definition) is 0. The second kappa shape index (κ2) is 8.32. The van der Waals surface area contributed by atoms with Crippen LogP contribution < -0.4 is 0 Å². The maximum atomic E-state index is 13.8. The molecule has 3 aliphatic heterocycles. The monoisotopic (exact) mass is 428 g/mol. The number of allylic oxidation sites excluding steroid dienone is 5. The number of rotatable bonds is 0. The van der Waals surface area contributed by atoms with Gasteiger partial charge in [-0.2, -0.15) is 0 Å². The first-order valence-corrected chi connectivity index (χ1v) is 11.7. The lowest BCUT2D eigenvalue weighted by Crippen LogP contribution is -2.53.